The monoisotopic (exact) mass is 405 g/mol. The summed E-state index contributed by atoms with van der Waals surface area (Å²) in [4.78, 5) is 23.6. The van der Waals surface area contributed by atoms with Gasteiger partial charge in [-0.2, -0.15) is 0 Å². The highest BCUT2D eigenvalue weighted by molar-refractivity contribution is 14.1. The lowest BCUT2D eigenvalue weighted by Crippen LogP contribution is -2.43. The average Bonchev–Trinajstić information content (AvgIpc) is 2.63. The third kappa shape index (κ3) is 4.15. The molecule has 2 N–H and O–H groups in total. The molecule has 2 unspecified atom stereocenters. The van der Waals surface area contributed by atoms with Crippen LogP contribution in [0.5, 0.6) is 0 Å². The summed E-state index contributed by atoms with van der Waals surface area (Å²) in [5.74, 6) is -2.14. The van der Waals surface area contributed by atoms with Gasteiger partial charge in [-0.3, -0.25) is 9.59 Å². The SMILES string of the molecule is O=C(NC1CCCCCC1C(=O)O)c1ccc(F)cc1I. The van der Waals surface area contributed by atoms with Crippen LogP contribution < -0.4 is 5.32 Å². The summed E-state index contributed by atoms with van der Waals surface area (Å²) >= 11 is 1.90. The molecule has 1 aromatic rings. The molecule has 1 amide bonds. The highest BCUT2D eigenvalue weighted by Crippen LogP contribution is 2.24. The number of aliphatic carboxylic acids is 1. The summed E-state index contributed by atoms with van der Waals surface area (Å²) in [5.41, 5.74) is 0.380. The Morgan fingerprint density at radius 3 is 2.62 bits per heavy atom. The molecule has 0 bridgehead atoms. The van der Waals surface area contributed by atoms with E-state index >= 15 is 0 Å². The number of amides is 1. The van der Waals surface area contributed by atoms with E-state index in [0.717, 1.165) is 19.3 Å². The standard InChI is InChI=1S/C15H17FINO3/c16-9-6-7-10(12(17)8-9)14(19)18-13-5-3-1-2-4-11(13)15(20)21/h6-8,11,13H,1-5H2,(H,18,19)(H,20,21). The van der Waals surface area contributed by atoms with Crippen molar-refractivity contribution in [2.75, 3.05) is 0 Å². The molecule has 2 rings (SSSR count). The van der Waals surface area contributed by atoms with Crippen molar-refractivity contribution in [3.63, 3.8) is 0 Å². The van der Waals surface area contributed by atoms with Crippen molar-refractivity contribution in [2.45, 2.75) is 38.1 Å². The van der Waals surface area contributed by atoms with Crippen LogP contribution in [0.1, 0.15) is 42.5 Å². The van der Waals surface area contributed by atoms with Crippen LogP contribution in [0.15, 0.2) is 18.2 Å². The number of carbonyl (C=O) groups excluding carboxylic acids is 1. The van der Waals surface area contributed by atoms with Gasteiger partial charge in [0.15, 0.2) is 0 Å². The quantitative estimate of drug-likeness (QED) is 0.600. The molecule has 6 heteroatoms. The topological polar surface area (TPSA) is 66.4 Å². The largest absolute Gasteiger partial charge is 0.481 e. The van der Waals surface area contributed by atoms with Gasteiger partial charge < -0.3 is 10.4 Å². The van der Waals surface area contributed by atoms with Gasteiger partial charge in [-0.15, -0.1) is 0 Å². The number of benzene rings is 1. The third-order valence-electron chi connectivity index (χ3n) is 3.83. The minimum Gasteiger partial charge on any atom is -0.481 e. The first-order valence-electron chi connectivity index (χ1n) is 6.98. The number of halogens is 2. The highest BCUT2D eigenvalue weighted by atomic mass is 127. The van der Waals surface area contributed by atoms with E-state index in [9.17, 15) is 19.1 Å². The van der Waals surface area contributed by atoms with Crippen molar-refractivity contribution in [2.24, 2.45) is 5.92 Å². The van der Waals surface area contributed by atoms with E-state index < -0.39 is 17.7 Å². The van der Waals surface area contributed by atoms with Gasteiger partial charge in [0.05, 0.1) is 11.5 Å². The highest BCUT2D eigenvalue weighted by Gasteiger charge is 2.31. The van der Waals surface area contributed by atoms with Crippen LogP contribution in [0.4, 0.5) is 4.39 Å². The van der Waals surface area contributed by atoms with Crippen molar-refractivity contribution in [1.29, 1.82) is 0 Å². The lowest BCUT2D eigenvalue weighted by Gasteiger charge is -2.23. The van der Waals surface area contributed by atoms with Crippen LogP contribution in [-0.4, -0.2) is 23.0 Å². The van der Waals surface area contributed by atoms with E-state index in [0.29, 0.717) is 22.0 Å². The van der Waals surface area contributed by atoms with E-state index in [1.54, 1.807) is 0 Å². The second kappa shape index (κ2) is 7.20. The van der Waals surface area contributed by atoms with Gasteiger partial charge in [0.2, 0.25) is 0 Å². The van der Waals surface area contributed by atoms with Gasteiger partial charge >= 0.3 is 5.97 Å². The molecule has 21 heavy (non-hydrogen) atoms. The van der Waals surface area contributed by atoms with E-state index in [1.165, 1.54) is 18.2 Å². The number of hydrogen-bond donors (Lipinski definition) is 2. The zero-order valence-electron chi connectivity index (χ0n) is 11.4. The Morgan fingerprint density at radius 2 is 1.95 bits per heavy atom. The zero-order valence-corrected chi connectivity index (χ0v) is 13.6. The summed E-state index contributed by atoms with van der Waals surface area (Å²) in [6, 6.07) is 3.59. The van der Waals surface area contributed by atoms with Crippen LogP contribution >= 0.6 is 22.6 Å². The molecule has 2 atom stereocenters. The Balaban J connectivity index is 2.14. The molecule has 1 aliphatic rings. The number of carboxylic acids is 1. The van der Waals surface area contributed by atoms with E-state index in [2.05, 4.69) is 5.32 Å². The van der Waals surface area contributed by atoms with Crippen molar-refractivity contribution in [3.05, 3.63) is 33.1 Å². The molecule has 0 heterocycles. The fourth-order valence-electron chi connectivity index (χ4n) is 2.70. The number of rotatable bonds is 3. The van der Waals surface area contributed by atoms with Crippen LogP contribution in [0.3, 0.4) is 0 Å². The number of hydrogen-bond acceptors (Lipinski definition) is 2. The maximum atomic E-state index is 13.1. The van der Waals surface area contributed by atoms with Crippen LogP contribution in [0, 0.1) is 15.3 Å². The molecular weight excluding hydrogens is 388 g/mol. The molecule has 1 aliphatic carbocycles. The minimum absolute atomic E-state index is 0.336. The summed E-state index contributed by atoms with van der Waals surface area (Å²) in [5, 5.41) is 12.1. The predicted octanol–water partition coefficient (Wildman–Crippen LogP) is 3.19. The Hall–Kier alpha value is -1.18. The second-order valence-electron chi connectivity index (χ2n) is 5.29. The van der Waals surface area contributed by atoms with Gasteiger partial charge in [0.1, 0.15) is 5.82 Å². The third-order valence-corrected chi connectivity index (χ3v) is 4.72. The zero-order chi connectivity index (χ0) is 15.4. The molecule has 0 radical (unpaired) electrons. The fraction of sp³-hybridized carbons (Fsp3) is 0.467. The molecule has 1 fully saturated rings. The van der Waals surface area contributed by atoms with E-state index in [1.807, 2.05) is 22.6 Å². The summed E-state index contributed by atoms with van der Waals surface area (Å²) in [6.45, 7) is 0. The average molecular weight is 405 g/mol. The number of carboxylic acid groups (broad SMARTS) is 1. The first-order chi connectivity index (χ1) is 9.99. The maximum Gasteiger partial charge on any atom is 0.308 e. The van der Waals surface area contributed by atoms with Crippen LogP contribution in [0.25, 0.3) is 0 Å². The second-order valence-corrected chi connectivity index (χ2v) is 6.45. The Labute approximate surface area is 136 Å². The molecule has 0 saturated heterocycles. The van der Waals surface area contributed by atoms with Crippen molar-refractivity contribution >= 4 is 34.5 Å². The molecule has 0 aliphatic heterocycles. The summed E-state index contributed by atoms with van der Waals surface area (Å²) < 4.78 is 13.6. The van der Waals surface area contributed by atoms with Crippen molar-refractivity contribution in [1.82, 2.24) is 5.32 Å². The van der Waals surface area contributed by atoms with Gasteiger partial charge in [0, 0.05) is 9.61 Å². The van der Waals surface area contributed by atoms with Gasteiger partial charge in [-0.1, -0.05) is 19.3 Å². The van der Waals surface area contributed by atoms with Gasteiger partial charge in [-0.25, -0.2) is 4.39 Å². The molecule has 0 spiro atoms. The molecule has 1 saturated carbocycles. The summed E-state index contributed by atoms with van der Waals surface area (Å²) in [7, 11) is 0. The molecule has 114 valence electrons. The van der Waals surface area contributed by atoms with E-state index in [-0.39, 0.29) is 11.9 Å². The first-order valence-corrected chi connectivity index (χ1v) is 8.05. The molecular formula is C15H17FINO3. The fourth-order valence-corrected chi connectivity index (χ4v) is 3.42. The first kappa shape index (κ1) is 16.2. The Bertz CT molecular complexity index is 550. The molecule has 1 aromatic carbocycles. The van der Waals surface area contributed by atoms with Crippen molar-refractivity contribution in [3.8, 4) is 0 Å². The van der Waals surface area contributed by atoms with Gasteiger partial charge in [-0.05, 0) is 53.6 Å². The van der Waals surface area contributed by atoms with Crippen LogP contribution in [-0.2, 0) is 4.79 Å². The Morgan fingerprint density at radius 1 is 1.24 bits per heavy atom. The van der Waals surface area contributed by atoms with Gasteiger partial charge in [0.25, 0.3) is 5.91 Å². The molecule has 0 aromatic heterocycles. The van der Waals surface area contributed by atoms with E-state index in [4.69, 9.17) is 0 Å². The predicted molar refractivity (Wildman–Crippen MR) is 84.6 cm³/mol. The maximum absolute atomic E-state index is 13.1. The molecule has 4 nitrogen and oxygen atoms in total. The summed E-state index contributed by atoms with van der Waals surface area (Å²) in [6.07, 6.45) is 4.03. The number of carbonyl (C=O) groups is 2. The smallest absolute Gasteiger partial charge is 0.308 e. The normalized spacial score (nSPS) is 22.4. The Kier molecular flexibility index (Phi) is 5.55. The lowest BCUT2D eigenvalue weighted by atomic mass is 9.94. The van der Waals surface area contributed by atoms with Crippen molar-refractivity contribution < 1.29 is 19.1 Å². The van der Waals surface area contributed by atoms with Crippen LogP contribution in [0.2, 0.25) is 0 Å². The lowest BCUT2D eigenvalue weighted by molar-refractivity contribution is -0.142. The minimum atomic E-state index is -0.865. The number of nitrogens with one attached hydrogen (secondary N) is 1.